The smallest absolute Gasteiger partial charge is 0.243 e. The first kappa shape index (κ1) is 18.3. The molecule has 0 radical (unpaired) electrons. The molecule has 1 aliphatic heterocycles. The van der Waals surface area contributed by atoms with Gasteiger partial charge in [-0.3, -0.25) is 9.59 Å². The van der Waals surface area contributed by atoms with E-state index >= 15 is 0 Å². The number of β-amino-alcohol motifs (C(OH)–C–C–N with tert-alkyl or cyclic N) is 1. The quantitative estimate of drug-likeness (QED) is 0.798. The third-order valence-corrected chi connectivity index (χ3v) is 4.41. The molecule has 0 aliphatic carbocycles. The molecular weight excluding hydrogens is 360 g/mol. The highest BCUT2D eigenvalue weighted by molar-refractivity contribution is 6.30. The van der Waals surface area contributed by atoms with Gasteiger partial charge < -0.3 is 19.8 Å². The van der Waals surface area contributed by atoms with Crippen LogP contribution in [0.1, 0.15) is 23.7 Å². The molecule has 2 amide bonds. The van der Waals surface area contributed by atoms with Crippen LogP contribution in [0.2, 0.25) is 5.02 Å². The normalized spacial score (nSPS) is 19.6. The summed E-state index contributed by atoms with van der Waals surface area (Å²) in [6.45, 7) is 2.05. The summed E-state index contributed by atoms with van der Waals surface area (Å²) >= 11 is 5.84. The molecule has 2 aromatic rings. The fourth-order valence-electron chi connectivity index (χ4n) is 2.90. The zero-order valence-electron chi connectivity index (χ0n) is 14.2. The minimum Gasteiger partial charge on any atom is -0.391 e. The van der Waals surface area contributed by atoms with Crippen LogP contribution in [0.25, 0.3) is 0 Å². The summed E-state index contributed by atoms with van der Waals surface area (Å²) in [6, 6.07) is 6.38. The predicted octanol–water partition coefficient (Wildman–Crippen LogP) is 0.852. The first-order chi connectivity index (χ1) is 12.4. The van der Waals surface area contributed by atoms with Gasteiger partial charge in [-0.1, -0.05) is 28.9 Å². The summed E-state index contributed by atoms with van der Waals surface area (Å²) in [5, 5.41) is 17.0. The minimum atomic E-state index is -0.739. The van der Waals surface area contributed by atoms with Crippen molar-refractivity contribution in [3.8, 4) is 0 Å². The van der Waals surface area contributed by atoms with Gasteiger partial charge in [0.05, 0.1) is 12.5 Å². The molecule has 0 saturated carbocycles. The lowest BCUT2D eigenvalue weighted by Gasteiger charge is -2.23. The van der Waals surface area contributed by atoms with E-state index in [0.29, 0.717) is 17.5 Å². The van der Waals surface area contributed by atoms with E-state index in [2.05, 4.69) is 15.5 Å². The van der Waals surface area contributed by atoms with E-state index in [0.717, 1.165) is 5.56 Å². The van der Waals surface area contributed by atoms with E-state index < -0.39 is 12.1 Å². The number of aliphatic hydroxyl groups excluding tert-OH is 1. The van der Waals surface area contributed by atoms with Gasteiger partial charge in [-0.05, 0) is 17.7 Å². The molecule has 138 valence electrons. The monoisotopic (exact) mass is 378 g/mol. The van der Waals surface area contributed by atoms with E-state index in [9.17, 15) is 14.7 Å². The molecule has 26 heavy (non-hydrogen) atoms. The van der Waals surface area contributed by atoms with E-state index in [1.54, 1.807) is 19.1 Å². The number of benzene rings is 1. The second kappa shape index (κ2) is 7.84. The summed E-state index contributed by atoms with van der Waals surface area (Å²) in [4.78, 5) is 30.4. The van der Waals surface area contributed by atoms with Gasteiger partial charge in [0.1, 0.15) is 6.04 Å². The van der Waals surface area contributed by atoms with Gasteiger partial charge in [0.25, 0.3) is 0 Å². The first-order valence-electron chi connectivity index (χ1n) is 8.21. The molecule has 0 spiro atoms. The largest absolute Gasteiger partial charge is 0.391 e. The van der Waals surface area contributed by atoms with Crippen molar-refractivity contribution in [1.29, 1.82) is 0 Å². The molecule has 3 rings (SSSR count). The van der Waals surface area contributed by atoms with Crippen LogP contribution in [-0.4, -0.2) is 50.7 Å². The molecule has 0 bridgehead atoms. The molecule has 2 atom stereocenters. The van der Waals surface area contributed by atoms with Crippen molar-refractivity contribution < 1.29 is 19.2 Å². The van der Waals surface area contributed by atoms with Crippen molar-refractivity contribution in [1.82, 2.24) is 20.4 Å². The lowest BCUT2D eigenvalue weighted by Crippen LogP contribution is -2.46. The Morgan fingerprint density at radius 1 is 1.38 bits per heavy atom. The van der Waals surface area contributed by atoms with Gasteiger partial charge in [-0.25, -0.2) is 0 Å². The summed E-state index contributed by atoms with van der Waals surface area (Å²) in [5.74, 6) is -0.0103. The summed E-state index contributed by atoms with van der Waals surface area (Å²) in [7, 11) is 0. The third kappa shape index (κ3) is 4.39. The standard InChI is InChI=1S/C17H19ClN4O4/c1-10-20-15(21-26-10)7-16(24)22-9-13(23)6-14(22)17(25)19-8-11-2-4-12(18)5-3-11/h2-5,13-14,23H,6-9H2,1H3,(H,19,25)/t13-,14+/m1/s1. The Kier molecular flexibility index (Phi) is 5.53. The molecule has 9 heteroatoms. The van der Waals surface area contributed by atoms with Crippen LogP contribution in [0, 0.1) is 6.92 Å². The lowest BCUT2D eigenvalue weighted by molar-refractivity contribution is -0.138. The van der Waals surface area contributed by atoms with Crippen molar-refractivity contribution in [3.05, 3.63) is 46.6 Å². The van der Waals surface area contributed by atoms with Crippen LogP contribution in [0.15, 0.2) is 28.8 Å². The Hall–Kier alpha value is -2.45. The van der Waals surface area contributed by atoms with Crippen molar-refractivity contribution >= 4 is 23.4 Å². The molecule has 0 unspecified atom stereocenters. The number of amides is 2. The molecule has 1 aromatic heterocycles. The van der Waals surface area contributed by atoms with Gasteiger partial charge in [0, 0.05) is 31.5 Å². The van der Waals surface area contributed by atoms with Crippen LogP contribution in [0.3, 0.4) is 0 Å². The number of rotatable bonds is 5. The van der Waals surface area contributed by atoms with Crippen LogP contribution in [-0.2, 0) is 22.6 Å². The third-order valence-electron chi connectivity index (χ3n) is 4.16. The number of carbonyl (C=O) groups is 2. The number of nitrogens with zero attached hydrogens (tertiary/aromatic N) is 3. The first-order valence-corrected chi connectivity index (χ1v) is 8.59. The number of nitrogens with one attached hydrogen (secondary N) is 1. The van der Waals surface area contributed by atoms with Crippen LogP contribution < -0.4 is 5.32 Å². The van der Waals surface area contributed by atoms with E-state index in [1.165, 1.54) is 4.90 Å². The number of hydrogen-bond acceptors (Lipinski definition) is 6. The SMILES string of the molecule is Cc1nc(CC(=O)N2C[C@H](O)C[C@H]2C(=O)NCc2ccc(Cl)cc2)no1. The van der Waals surface area contributed by atoms with E-state index in [-0.39, 0.29) is 37.0 Å². The average molecular weight is 379 g/mol. The fourth-order valence-corrected chi connectivity index (χ4v) is 3.02. The molecule has 1 saturated heterocycles. The maximum Gasteiger partial charge on any atom is 0.243 e. The number of aromatic nitrogens is 2. The predicted molar refractivity (Wildman–Crippen MR) is 92.2 cm³/mol. The Bertz CT molecular complexity index is 792. The van der Waals surface area contributed by atoms with E-state index in [4.69, 9.17) is 16.1 Å². The van der Waals surface area contributed by atoms with Gasteiger partial charge in [-0.15, -0.1) is 0 Å². The van der Waals surface area contributed by atoms with Gasteiger partial charge in [0.2, 0.25) is 17.7 Å². The number of aliphatic hydroxyl groups is 1. The van der Waals surface area contributed by atoms with Crippen LogP contribution >= 0.6 is 11.6 Å². The Morgan fingerprint density at radius 3 is 2.77 bits per heavy atom. The second-order valence-electron chi connectivity index (χ2n) is 6.20. The molecule has 8 nitrogen and oxygen atoms in total. The molecule has 1 aromatic carbocycles. The number of carbonyl (C=O) groups excluding carboxylic acids is 2. The highest BCUT2D eigenvalue weighted by atomic mass is 35.5. The molecule has 1 fully saturated rings. The highest BCUT2D eigenvalue weighted by Crippen LogP contribution is 2.19. The average Bonchev–Trinajstić information content (AvgIpc) is 3.19. The highest BCUT2D eigenvalue weighted by Gasteiger charge is 2.38. The van der Waals surface area contributed by atoms with Crippen molar-refractivity contribution in [2.75, 3.05) is 6.54 Å². The van der Waals surface area contributed by atoms with Crippen LogP contribution in [0.4, 0.5) is 0 Å². The Labute approximate surface area is 155 Å². The maximum absolute atomic E-state index is 12.5. The number of halogens is 1. The van der Waals surface area contributed by atoms with Crippen molar-refractivity contribution in [2.45, 2.75) is 38.5 Å². The zero-order valence-corrected chi connectivity index (χ0v) is 14.9. The number of likely N-dealkylation sites (tertiary alicyclic amines) is 1. The molecule has 2 heterocycles. The van der Waals surface area contributed by atoms with Crippen molar-refractivity contribution in [2.24, 2.45) is 0 Å². The summed E-state index contributed by atoms with van der Waals surface area (Å²) in [6.07, 6.45) is -0.619. The maximum atomic E-state index is 12.5. The van der Waals surface area contributed by atoms with Gasteiger partial charge in [-0.2, -0.15) is 4.98 Å². The Balaban J connectivity index is 1.61. The Morgan fingerprint density at radius 2 is 2.12 bits per heavy atom. The summed E-state index contributed by atoms with van der Waals surface area (Å²) < 4.78 is 4.85. The van der Waals surface area contributed by atoms with Gasteiger partial charge >= 0.3 is 0 Å². The van der Waals surface area contributed by atoms with Gasteiger partial charge in [0.15, 0.2) is 5.82 Å². The fraction of sp³-hybridized carbons (Fsp3) is 0.412. The van der Waals surface area contributed by atoms with Crippen LogP contribution in [0.5, 0.6) is 0 Å². The number of hydrogen-bond donors (Lipinski definition) is 2. The summed E-state index contributed by atoms with van der Waals surface area (Å²) in [5.41, 5.74) is 0.890. The topological polar surface area (TPSA) is 109 Å². The van der Waals surface area contributed by atoms with Crippen molar-refractivity contribution in [3.63, 3.8) is 0 Å². The molecule has 2 N–H and O–H groups in total. The number of aryl methyl sites for hydroxylation is 1. The minimum absolute atomic E-state index is 0.0783. The zero-order chi connectivity index (χ0) is 18.7. The molecule has 1 aliphatic rings. The second-order valence-corrected chi connectivity index (χ2v) is 6.64. The lowest BCUT2D eigenvalue weighted by atomic mass is 10.1. The van der Waals surface area contributed by atoms with E-state index in [1.807, 2.05) is 12.1 Å². The molecular formula is C17H19ClN4O4.